The number of aliphatic carboxylic acids is 1. The number of nitrogens with zero attached hydrogens (tertiary/aromatic N) is 1. The van der Waals surface area contributed by atoms with Crippen molar-refractivity contribution < 1.29 is 14.7 Å². The number of thioether (sulfide) groups is 1. The SMILES string of the molecule is O=C(O)CN1C(=O)/C(=C\C2CCCCC2)SC1=S. The van der Waals surface area contributed by atoms with E-state index in [2.05, 4.69) is 0 Å². The Labute approximate surface area is 115 Å². The van der Waals surface area contributed by atoms with Gasteiger partial charge in [0.2, 0.25) is 0 Å². The Kier molecular flexibility index (Phi) is 4.40. The van der Waals surface area contributed by atoms with Crippen LogP contribution in [-0.4, -0.2) is 32.7 Å². The second kappa shape index (κ2) is 5.84. The number of carboxylic acid groups (broad SMARTS) is 1. The molecule has 98 valence electrons. The average molecular weight is 285 g/mol. The summed E-state index contributed by atoms with van der Waals surface area (Å²) in [6.45, 7) is -0.341. The van der Waals surface area contributed by atoms with Gasteiger partial charge in [-0.2, -0.15) is 0 Å². The summed E-state index contributed by atoms with van der Waals surface area (Å²) in [4.78, 5) is 24.4. The summed E-state index contributed by atoms with van der Waals surface area (Å²) in [5.41, 5.74) is 0. The highest BCUT2D eigenvalue weighted by Crippen LogP contribution is 2.34. The molecule has 1 aliphatic carbocycles. The van der Waals surface area contributed by atoms with E-state index in [4.69, 9.17) is 17.3 Å². The Bertz CT molecular complexity index is 414. The summed E-state index contributed by atoms with van der Waals surface area (Å²) in [5.74, 6) is -0.846. The van der Waals surface area contributed by atoms with Crippen molar-refractivity contribution in [2.24, 2.45) is 5.92 Å². The second-order valence-corrected chi connectivity index (χ2v) is 6.26. The minimum Gasteiger partial charge on any atom is -0.480 e. The summed E-state index contributed by atoms with van der Waals surface area (Å²) in [7, 11) is 0. The van der Waals surface area contributed by atoms with Gasteiger partial charge in [-0.3, -0.25) is 14.5 Å². The molecule has 2 rings (SSSR count). The van der Waals surface area contributed by atoms with E-state index in [0.29, 0.717) is 15.1 Å². The van der Waals surface area contributed by atoms with E-state index < -0.39 is 5.97 Å². The van der Waals surface area contributed by atoms with Gasteiger partial charge in [-0.1, -0.05) is 49.3 Å². The van der Waals surface area contributed by atoms with Gasteiger partial charge in [-0.25, -0.2) is 0 Å². The van der Waals surface area contributed by atoms with Gasteiger partial charge < -0.3 is 5.11 Å². The summed E-state index contributed by atoms with van der Waals surface area (Å²) < 4.78 is 0.351. The molecule has 0 aromatic carbocycles. The molecule has 6 heteroatoms. The number of allylic oxidation sites excluding steroid dienone is 1. The first-order chi connectivity index (χ1) is 8.58. The molecule has 1 heterocycles. The molecule has 0 unspecified atom stereocenters. The summed E-state index contributed by atoms with van der Waals surface area (Å²) >= 11 is 6.27. The summed E-state index contributed by atoms with van der Waals surface area (Å²) in [6.07, 6.45) is 7.89. The Morgan fingerprint density at radius 3 is 2.72 bits per heavy atom. The van der Waals surface area contributed by atoms with Gasteiger partial charge in [-0.05, 0) is 18.8 Å². The predicted octanol–water partition coefficient (Wildman–Crippen LogP) is 2.40. The van der Waals surface area contributed by atoms with Gasteiger partial charge in [0.1, 0.15) is 10.9 Å². The maximum absolute atomic E-state index is 12.0. The Balaban J connectivity index is 2.06. The zero-order valence-electron chi connectivity index (χ0n) is 9.92. The first-order valence-electron chi connectivity index (χ1n) is 6.05. The predicted molar refractivity (Wildman–Crippen MR) is 74.2 cm³/mol. The van der Waals surface area contributed by atoms with Crippen molar-refractivity contribution in [3.63, 3.8) is 0 Å². The van der Waals surface area contributed by atoms with Crippen LogP contribution in [0.1, 0.15) is 32.1 Å². The topological polar surface area (TPSA) is 57.6 Å². The highest BCUT2D eigenvalue weighted by molar-refractivity contribution is 8.26. The van der Waals surface area contributed by atoms with E-state index in [1.54, 1.807) is 0 Å². The van der Waals surface area contributed by atoms with Crippen LogP contribution in [0.4, 0.5) is 0 Å². The number of amides is 1. The third-order valence-electron chi connectivity index (χ3n) is 3.20. The molecule has 0 bridgehead atoms. The highest BCUT2D eigenvalue weighted by Gasteiger charge is 2.33. The third kappa shape index (κ3) is 3.11. The molecule has 1 amide bonds. The first kappa shape index (κ1) is 13.5. The summed E-state index contributed by atoms with van der Waals surface area (Å²) in [5, 5.41) is 8.73. The fraction of sp³-hybridized carbons (Fsp3) is 0.583. The van der Waals surface area contributed by atoms with E-state index >= 15 is 0 Å². The number of carboxylic acids is 1. The molecule has 2 aliphatic rings. The lowest BCUT2D eigenvalue weighted by atomic mass is 9.89. The molecular weight excluding hydrogens is 270 g/mol. The fourth-order valence-corrected chi connectivity index (χ4v) is 3.62. The van der Waals surface area contributed by atoms with Crippen LogP contribution < -0.4 is 0 Å². The molecule has 1 saturated carbocycles. The lowest BCUT2D eigenvalue weighted by Crippen LogP contribution is -2.33. The van der Waals surface area contributed by atoms with E-state index in [-0.39, 0.29) is 12.5 Å². The van der Waals surface area contributed by atoms with Crippen LogP contribution in [0.25, 0.3) is 0 Å². The maximum Gasteiger partial charge on any atom is 0.323 e. The molecular formula is C12H15NO3S2. The van der Waals surface area contributed by atoms with E-state index in [9.17, 15) is 9.59 Å². The van der Waals surface area contributed by atoms with Gasteiger partial charge in [-0.15, -0.1) is 0 Å². The third-order valence-corrected chi connectivity index (χ3v) is 4.60. The average Bonchev–Trinajstić information content (AvgIpc) is 2.58. The van der Waals surface area contributed by atoms with E-state index in [1.165, 1.54) is 31.0 Å². The minimum atomic E-state index is -1.04. The molecule has 0 radical (unpaired) electrons. The molecule has 18 heavy (non-hydrogen) atoms. The van der Waals surface area contributed by atoms with E-state index in [1.807, 2.05) is 6.08 Å². The number of carbonyl (C=O) groups excluding carboxylic acids is 1. The zero-order chi connectivity index (χ0) is 13.1. The molecule has 0 aromatic heterocycles. The number of rotatable bonds is 3. The van der Waals surface area contributed by atoms with Gasteiger partial charge in [0.05, 0.1) is 4.91 Å². The molecule has 1 saturated heterocycles. The van der Waals surface area contributed by atoms with Crippen molar-refractivity contribution in [3.8, 4) is 0 Å². The van der Waals surface area contributed by atoms with Crippen LogP contribution in [0.3, 0.4) is 0 Å². The normalized spacial score (nSPS) is 24.0. The van der Waals surface area contributed by atoms with Gasteiger partial charge in [0.15, 0.2) is 0 Å². The first-order valence-corrected chi connectivity index (χ1v) is 7.27. The molecule has 0 spiro atoms. The van der Waals surface area contributed by atoms with Crippen LogP contribution in [0.15, 0.2) is 11.0 Å². The van der Waals surface area contributed by atoms with Gasteiger partial charge in [0.25, 0.3) is 5.91 Å². The van der Waals surface area contributed by atoms with Crippen LogP contribution >= 0.6 is 24.0 Å². The highest BCUT2D eigenvalue weighted by atomic mass is 32.2. The largest absolute Gasteiger partial charge is 0.480 e. The molecule has 2 fully saturated rings. The Hall–Kier alpha value is -0.880. The second-order valence-electron chi connectivity index (χ2n) is 4.58. The Morgan fingerprint density at radius 1 is 1.44 bits per heavy atom. The monoisotopic (exact) mass is 285 g/mol. The van der Waals surface area contributed by atoms with Gasteiger partial charge in [0, 0.05) is 0 Å². The minimum absolute atomic E-state index is 0.252. The van der Waals surface area contributed by atoms with Crippen LogP contribution in [0, 0.1) is 5.92 Å². The van der Waals surface area contributed by atoms with Crippen LogP contribution in [0.2, 0.25) is 0 Å². The molecule has 1 aliphatic heterocycles. The number of hydrogen-bond donors (Lipinski definition) is 1. The molecule has 1 N–H and O–H groups in total. The molecule has 0 atom stereocenters. The standard InChI is InChI=1S/C12H15NO3S2/c14-10(15)7-13-11(16)9(18-12(13)17)6-8-4-2-1-3-5-8/h6,8H,1-5,7H2,(H,14,15)/b9-6+. The van der Waals surface area contributed by atoms with Crippen molar-refractivity contribution in [1.29, 1.82) is 0 Å². The quantitative estimate of drug-likeness (QED) is 0.637. The van der Waals surface area contributed by atoms with Crippen molar-refractivity contribution in [2.75, 3.05) is 6.54 Å². The van der Waals surface area contributed by atoms with Crippen molar-refractivity contribution >= 4 is 40.2 Å². The smallest absolute Gasteiger partial charge is 0.323 e. The van der Waals surface area contributed by atoms with Crippen LogP contribution in [0.5, 0.6) is 0 Å². The lowest BCUT2D eigenvalue weighted by molar-refractivity contribution is -0.140. The Morgan fingerprint density at radius 2 is 2.11 bits per heavy atom. The molecule has 0 aromatic rings. The lowest BCUT2D eigenvalue weighted by Gasteiger charge is -2.18. The van der Waals surface area contributed by atoms with Crippen LogP contribution in [-0.2, 0) is 9.59 Å². The fourth-order valence-electron chi connectivity index (χ4n) is 2.30. The van der Waals surface area contributed by atoms with Gasteiger partial charge >= 0.3 is 5.97 Å². The molecule has 4 nitrogen and oxygen atoms in total. The summed E-state index contributed by atoms with van der Waals surface area (Å²) in [6, 6.07) is 0. The van der Waals surface area contributed by atoms with Crippen molar-refractivity contribution in [1.82, 2.24) is 4.90 Å². The van der Waals surface area contributed by atoms with Crippen molar-refractivity contribution in [2.45, 2.75) is 32.1 Å². The zero-order valence-corrected chi connectivity index (χ0v) is 11.6. The van der Waals surface area contributed by atoms with Crippen molar-refractivity contribution in [3.05, 3.63) is 11.0 Å². The van der Waals surface area contributed by atoms with E-state index in [0.717, 1.165) is 17.7 Å². The number of carbonyl (C=O) groups is 2. The maximum atomic E-state index is 12.0. The number of hydrogen-bond acceptors (Lipinski definition) is 4. The number of thiocarbonyl (C=S) groups is 1.